The maximum atomic E-state index is 10.3. The lowest BCUT2D eigenvalue weighted by Gasteiger charge is -2.00. The zero-order chi connectivity index (χ0) is 7.28. The van der Waals surface area contributed by atoms with E-state index >= 15 is 0 Å². The van der Waals surface area contributed by atoms with Gasteiger partial charge in [-0.15, -0.1) is 0 Å². The minimum atomic E-state index is -1.62. The summed E-state index contributed by atoms with van der Waals surface area (Å²) in [6.07, 6.45) is -1.50. The first-order valence-corrected chi connectivity index (χ1v) is 2.52. The molecular formula is C5H8O4. The van der Waals surface area contributed by atoms with Crippen molar-refractivity contribution < 1.29 is 19.4 Å². The molecule has 0 aromatic rings. The number of aldehydes is 1. The van der Waals surface area contributed by atoms with Crippen molar-refractivity contribution in [2.24, 2.45) is 0 Å². The summed E-state index contributed by atoms with van der Waals surface area (Å²) in [5.74, 6) is -0.896. The second kappa shape index (κ2) is 4.03. The van der Waals surface area contributed by atoms with E-state index in [9.17, 15) is 9.59 Å². The largest absolute Gasteiger partial charge is 0.464 e. The molecule has 0 rings (SSSR count). The topological polar surface area (TPSA) is 63.6 Å². The molecular weight excluding hydrogens is 124 g/mol. The van der Waals surface area contributed by atoms with E-state index in [4.69, 9.17) is 5.11 Å². The van der Waals surface area contributed by atoms with Gasteiger partial charge in [0.05, 0.1) is 6.61 Å². The Bertz CT molecular complexity index is 110. The summed E-state index contributed by atoms with van der Waals surface area (Å²) in [6.45, 7) is 1.76. The molecule has 0 fully saturated rings. The molecule has 0 bridgehead atoms. The lowest BCUT2D eigenvalue weighted by Crippen LogP contribution is -2.23. The van der Waals surface area contributed by atoms with Crippen molar-refractivity contribution in [3.63, 3.8) is 0 Å². The predicted octanol–water partition coefficient (Wildman–Crippen LogP) is -0.891. The predicted molar refractivity (Wildman–Crippen MR) is 28.7 cm³/mol. The molecule has 0 radical (unpaired) electrons. The Kier molecular flexibility index (Phi) is 3.62. The molecule has 0 unspecified atom stereocenters. The van der Waals surface area contributed by atoms with Crippen molar-refractivity contribution in [3.8, 4) is 0 Å². The van der Waals surface area contributed by atoms with Crippen LogP contribution in [-0.2, 0) is 14.3 Å². The number of ether oxygens (including phenoxy) is 1. The van der Waals surface area contributed by atoms with Gasteiger partial charge in [-0.25, -0.2) is 4.79 Å². The summed E-state index contributed by atoms with van der Waals surface area (Å²) in [6, 6.07) is 0. The van der Waals surface area contributed by atoms with Crippen LogP contribution in [0.5, 0.6) is 0 Å². The summed E-state index contributed by atoms with van der Waals surface area (Å²) in [4.78, 5) is 19.9. The molecule has 0 amide bonds. The number of esters is 1. The van der Waals surface area contributed by atoms with Gasteiger partial charge in [0.15, 0.2) is 6.29 Å². The third-order valence-electron chi connectivity index (χ3n) is 0.657. The normalized spacial score (nSPS) is 12.2. The number of aliphatic hydroxyl groups excluding tert-OH is 1. The Balaban J connectivity index is 3.58. The summed E-state index contributed by atoms with van der Waals surface area (Å²) in [7, 11) is 0. The van der Waals surface area contributed by atoms with Crippen molar-refractivity contribution in [2.75, 3.05) is 6.61 Å². The minimum Gasteiger partial charge on any atom is -0.464 e. The first-order valence-electron chi connectivity index (χ1n) is 2.52. The Morgan fingerprint density at radius 3 is 2.78 bits per heavy atom. The summed E-state index contributed by atoms with van der Waals surface area (Å²) in [5, 5.41) is 8.41. The van der Waals surface area contributed by atoms with Crippen LogP contribution in [0.3, 0.4) is 0 Å². The molecule has 4 heteroatoms. The number of hydrogen-bond donors (Lipinski definition) is 1. The summed E-state index contributed by atoms with van der Waals surface area (Å²) in [5.41, 5.74) is 0. The van der Waals surface area contributed by atoms with Gasteiger partial charge >= 0.3 is 5.97 Å². The number of rotatable bonds is 3. The van der Waals surface area contributed by atoms with Gasteiger partial charge in [-0.1, -0.05) is 0 Å². The Morgan fingerprint density at radius 1 is 1.89 bits per heavy atom. The summed E-state index contributed by atoms with van der Waals surface area (Å²) < 4.78 is 4.27. The number of aliphatic hydroxyl groups is 1. The van der Waals surface area contributed by atoms with Gasteiger partial charge in [0.2, 0.25) is 6.10 Å². The highest BCUT2D eigenvalue weighted by atomic mass is 16.5. The molecule has 1 N–H and O–H groups in total. The zero-order valence-electron chi connectivity index (χ0n) is 5.03. The zero-order valence-corrected chi connectivity index (χ0v) is 5.03. The first-order chi connectivity index (χ1) is 4.22. The van der Waals surface area contributed by atoms with Crippen LogP contribution in [0.2, 0.25) is 0 Å². The number of carbonyl (C=O) groups excluding carboxylic acids is 2. The van der Waals surface area contributed by atoms with E-state index in [0.29, 0.717) is 0 Å². The molecule has 0 aromatic carbocycles. The first kappa shape index (κ1) is 8.10. The van der Waals surface area contributed by atoms with Crippen LogP contribution in [0, 0.1) is 0 Å². The fourth-order valence-corrected chi connectivity index (χ4v) is 0.283. The van der Waals surface area contributed by atoms with E-state index in [1.54, 1.807) is 6.92 Å². The van der Waals surface area contributed by atoms with E-state index in [1.165, 1.54) is 0 Å². The molecule has 0 heterocycles. The standard InChI is InChI=1S/C5H8O4/c1-2-9-5(8)4(7)3-6/h3-4,7H,2H2,1H3/t4-/m0/s1. The molecule has 0 saturated carbocycles. The maximum absolute atomic E-state index is 10.3. The number of carbonyl (C=O) groups is 2. The van der Waals surface area contributed by atoms with Crippen LogP contribution in [-0.4, -0.2) is 30.1 Å². The van der Waals surface area contributed by atoms with Gasteiger partial charge in [0, 0.05) is 0 Å². The van der Waals surface area contributed by atoms with Crippen molar-refractivity contribution in [3.05, 3.63) is 0 Å². The monoisotopic (exact) mass is 132 g/mol. The molecule has 0 spiro atoms. The molecule has 0 aliphatic carbocycles. The van der Waals surface area contributed by atoms with Gasteiger partial charge in [-0.3, -0.25) is 4.79 Å². The van der Waals surface area contributed by atoms with E-state index in [1.807, 2.05) is 0 Å². The second-order valence-electron chi connectivity index (χ2n) is 1.33. The number of hydrogen-bond acceptors (Lipinski definition) is 4. The van der Waals surface area contributed by atoms with Crippen molar-refractivity contribution in [1.82, 2.24) is 0 Å². The van der Waals surface area contributed by atoms with Gasteiger partial charge in [0.1, 0.15) is 0 Å². The van der Waals surface area contributed by atoms with Crippen LogP contribution in [0.1, 0.15) is 6.92 Å². The van der Waals surface area contributed by atoms with Gasteiger partial charge in [-0.2, -0.15) is 0 Å². The van der Waals surface area contributed by atoms with E-state index in [2.05, 4.69) is 4.74 Å². The average Bonchev–Trinajstić information content (AvgIpc) is 1.87. The van der Waals surface area contributed by atoms with Crippen molar-refractivity contribution in [2.45, 2.75) is 13.0 Å². The fourth-order valence-electron chi connectivity index (χ4n) is 0.283. The SMILES string of the molecule is CCOC(=O)[C@@H](O)C=O. The second-order valence-corrected chi connectivity index (χ2v) is 1.33. The van der Waals surface area contributed by atoms with Crippen LogP contribution in [0.4, 0.5) is 0 Å². The molecule has 0 saturated heterocycles. The molecule has 9 heavy (non-hydrogen) atoms. The van der Waals surface area contributed by atoms with E-state index < -0.39 is 12.1 Å². The molecule has 1 atom stereocenters. The van der Waals surface area contributed by atoms with Crippen molar-refractivity contribution >= 4 is 12.3 Å². The Labute approximate surface area is 52.4 Å². The minimum absolute atomic E-state index is 0.123. The van der Waals surface area contributed by atoms with Gasteiger partial charge in [0.25, 0.3) is 0 Å². The highest BCUT2D eigenvalue weighted by molar-refractivity contribution is 5.90. The average molecular weight is 132 g/mol. The molecule has 0 aliphatic heterocycles. The molecule has 0 aromatic heterocycles. The van der Waals surface area contributed by atoms with Crippen LogP contribution >= 0.6 is 0 Å². The van der Waals surface area contributed by atoms with E-state index in [0.717, 1.165) is 0 Å². The Hall–Kier alpha value is -0.900. The summed E-state index contributed by atoms with van der Waals surface area (Å²) >= 11 is 0. The third kappa shape index (κ3) is 2.81. The van der Waals surface area contributed by atoms with Crippen LogP contribution < -0.4 is 0 Å². The quantitative estimate of drug-likeness (QED) is 0.307. The highest BCUT2D eigenvalue weighted by Crippen LogP contribution is 1.82. The van der Waals surface area contributed by atoms with E-state index in [-0.39, 0.29) is 12.9 Å². The lowest BCUT2D eigenvalue weighted by molar-refractivity contribution is -0.154. The van der Waals surface area contributed by atoms with Gasteiger partial charge < -0.3 is 9.84 Å². The fraction of sp³-hybridized carbons (Fsp3) is 0.600. The molecule has 52 valence electrons. The van der Waals surface area contributed by atoms with Crippen molar-refractivity contribution in [1.29, 1.82) is 0 Å². The lowest BCUT2D eigenvalue weighted by atomic mass is 10.4. The smallest absolute Gasteiger partial charge is 0.342 e. The Morgan fingerprint density at radius 2 is 2.44 bits per heavy atom. The van der Waals surface area contributed by atoms with Crippen LogP contribution in [0.15, 0.2) is 0 Å². The van der Waals surface area contributed by atoms with Gasteiger partial charge in [-0.05, 0) is 6.92 Å². The third-order valence-corrected chi connectivity index (χ3v) is 0.657. The molecule has 0 aliphatic rings. The molecule has 4 nitrogen and oxygen atoms in total. The van der Waals surface area contributed by atoms with Crippen LogP contribution in [0.25, 0.3) is 0 Å². The highest BCUT2D eigenvalue weighted by Gasteiger charge is 2.13. The maximum Gasteiger partial charge on any atom is 0.342 e.